The van der Waals surface area contributed by atoms with Crippen molar-refractivity contribution < 1.29 is 18.0 Å². The van der Waals surface area contributed by atoms with Gasteiger partial charge in [-0.3, -0.25) is 9.69 Å². The van der Waals surface area contributed by atoms with Gasteiger partial charge in [-0.15, -0.1) is 0 Å². The summed E-state index contributed by atoms with van der Waals surface area (Å²) in [5.41, 5.74) is 0.375. The van der Waals surface area contributed by atoms with Crippen LogP contribution >= 0.6 is 0 Å². The minimum absolute atomic E-state index is 0.0874. The van der Waals surface area contributed by atoms with E-state index in [0.717, 1.165) is 0 Å². The van der Waals surface area contributed by atoms with Crippen molar-refractivity contribution in [1.29, 1.82) is 0 Å². The Bertz CT molecular complexity index is 464. The first kappa shape index (κ1) is 14.8. The summed E-state index contributed by atoms with van der Waals surface area (Å²) in [6.45, 7) is 1.54. The van der Waals surface area contributed by atoms with Gasteiger partial charge in [0.1, 0.15) is 11.5 Å². The third-order valence-corrected chi connectivity index (χ3v) is 3.27. The molecule has 0 spiro atoms. The Morgan fingerprint density at radius 2 is 2.15 bits per heavy atom. The van der Waals surface area contributed by atoms with Crippen LogP contribution in [0.1, 0.15) is 29.2 Å². The fourth-order valence-electron chi connectivity index (χ4n) is 2.29. The number of carbonyl (C=O) groups excluding carboxylic acids is 1. The summed E-state index contributed by atoms with van der Waals surface area (Å²) < 4.78 is 36.7. The average Bonchev–Trinajstić information content (AvgIpc) is 2.77. The number of piperidine rings is 1. The smallest absolute Gasteiger partial charge is 0.348 e. The summed E-state index contributed by atoms with van der Waals surface area (Å²) >= 11 is 0. The van der Waals surface area contributed by atoms with E-state index in [2.05, 4.69) is 15.3 Å². The Hall–Kier alpha value is -1.57. The zero-order chi connectivity index (χ0) is 14.8. The molecular formula is C12H17F3N4O. The predicted molar refractivity (Wildman–Crippen MR) is 66.3 cm³/mol. The van der Waals surface area contributed by atoms with Gasteiger partial charge in [-0.25, -0.2) is 4.98 Å². The largest absolute Gasteiger partial charge is 0.401 e. The molecular weight excluding hydrogens is 273 g/mol. The highest BCUT2D eigenvalue weighted by Crippen LogP contribution is 2.19. The molecule has 0 aromatic carbocycles. The SMILES string of the molecule is Cc1ncc(C(=O)NC2CCN(CC(F)(F)F)CC2)[nH]1. The molecule has 20 heavy (non-hydrogen) atoms. The number of likely N-dealkylation sites (tertiary alicyclic amines) is 1. The lowest BCUT2D eigenvalue weighted by atomic mass is 10.0. The molecule has 1 aliphatic rings. The zero-order valence-corrected chi connectivity index (χ0v) is 11.1. The first-order chi connectivity index (χ1) is 9.33. The molecule has 0 aliphatic carbocycles. The summed E-state index contributed by atoms with van der Waals surface area (Å²) in [7, 11) is 0. The minimum Gasteiger partial charge on any atom is -0.348 e. The number of carbonyl (C=O) groups is 1. The molecule has 1 aromatic rings. The lowest BCUT2D eigenvalue weighted by Gasteiger charge is -2.32. The summed E-state index contributed by atoms with van der Waals surface area (Å²) in [5.74, 6) is 0.384. The quantitative estimate of drug-likeness (QED) is 0.886. The molecule has 112 valence electrons. The number of hydrogen-bond donors (Lipinski definition) is 2. The molecule has 0 unspecified atom stereocenters. The van der Waals surface area contributed by atoms with Gasteiger partial charge in [-0.1, -0.05) is 0 Å². The van der Waals surface area contributed by atoms with Crippen LogP contribution < -0.4 is 5.32 Å². The van der Waals surface area contributed by atoms with Crippen LogP contribution in [0.5, 0.6) is 0 Å². The number of nitrogens with zero attached hydrogens (tertiary/aromatic N) is 2. The number of aryl methyl sites for hydroxylation is 1. The van der Waals surface area contributed by atoms with Gasteiger partial charge < -0.3 is 10.3 Å². The third kappa shape index (κ3) is 4.22. The highest BCUT2D eigenvalue weighted by Gasteiger charge is 2.32. The van der Waals surface area contributed by atoms with E-state index >= 15 is 0 Å². The molecule has 0 atom stereocenters. The van der Waals surface area contributed by atoms with Gasteiger partial charge in [-0.05, 0) is 19.8 Å². The molecule has 1 aliphatic heterocycles. The number of halogens is 3. The maximum atomic E-state index is 12.2. The van der Waals surface area contributed by atoms with Crippen LogP contribution in [0.3, 0.4) is 0 Å². The lowest BCUT2D eigenvalue weighted by Crippen LogP contribution is -2.47. The number of H-pyrrole nitrogens is 1. The van der Waals surface area contributed by atoms with Crippen molar-refractivity contribution in [3.63, 3.8) is 0 Å². The number of aromatic nitrogens is 2. The second-order valence-corrected chi connectivity index (χ2v) is 5.02. The van der Waals surface area contributed by atoms with E-state index in [1.54, 1.807) is 6.92 Å². The van der Waals surface area contributed by atoms with E-state index in [1.807, 2.05) is 0 Å². The van der Waals surface area contributed by atoms with Gasteiger partial charge in [0.05, 0.1) is 12.7 Å². The van der Waals surface area contributed by atoms with E-state index in [0.29, 0.717) is 37.4 Å². The predicted octanol–water partition coefficient (Wildman–Crippen LogP) is 1.47. The summed E-state index contributed by atoms with van der Waals surface area (Å²) in [5, 5.41) is 2.81. The maximum absolute atomic E-state index is 12.2. The first-order valence-corrected chi connectivity index (χ1v) is 6.45. The molecule has 1 saturated heterocycles. The molecule has 0 radical (unpaired) electrons. The molecule has 0 bridgehead atoms. The average molecular weight is 290 g/mol. The minimum atomic E-state index is -4.16. The molecule has 2 N–H and O–H groups in total. The molecule has 0 saturated carbocycles. The van der Waals surface area contributed by atoms with E-state index in [9.17, 15) is 18.0 Å². The zero-order valence-electron chi connectivity index (χ0n) is 11.1. The molecule has 2 rings (SSSR count). The van der Waals surface area contributed by atoms with E-state index in [4.69, 9.17) is 0 Å². The Morgan fingerprint density at radius 1 is 1.50 bits per heavy atom. The van der Waals surface area contributed by atoms with Gasteiger partial charge in [0.2, 0.25) is 0 Å². The van der Waals surface area contributed by atoms with Gasteiger partial charge in [0.25, 0.3) is 5.91 Å². The number of aromatic amines is 1. The number of amides is 1. The molecule has 1 aromatic heterocycles. The van der Waals surface area contributed by atoms with Crippen molar-refractivity contribution in [2.75, 3.05) is 19.6 Å². The number of rotatable bonds is 3. The van der Waals surface area contributed by atoms with Crippen LogP contribution in [0.25, 0.3) is 0 Å². The van der Waals surface area contributed by atoms with Gasteiger partial charge in [0.15, 0.2) is 0 Å². The van der Waals surface area contributed by atoms with E-state index < -0.39 is 12.7 Å². The Balaban J connectivity index is 1.78. The Kier molecular flexibility index (Phi) is 4.32. The lowest BCUT2D eigenvalue weighted by molar-refractivity contribution is -0.148. The van der Waals surface area contributed by atoms with Crippen LogP contribution in [0, 0.1) is 6.92 Å². The Labute approximate surface area is 114 Å². The standard InChI is InChI=1S/C12H17F3N4O/c1-8-16-6-10(17-8)11(20)18-9-2-4-19(5-3-9)7-12(13,14)15/h6,9H,2-5,7H2,1H3,(H,16,17)(H,18,20). The van der Waals surface area contributed by atoms with Crippen molar-refractivity contribution in [3.8, 4) is 0 Å². The molecule has 8 heteroatoms. The van der Waals surface area contributed by atoms with Crippen molar-refractivity contribution >= 4 is 5.91 Å². The second kappa shape index (κ2) is 5.82. The number of alkyl halides is 3. The summed E-state index contributed by atoms with van der Waals surface area (Å²) in [4.78, 5) is 20.0. The fraction of sp³-hybridized carbons (Fsp3) is 0.667. The third-order valence-electron chi connectivity index (χ3n) is 3.27. The number of hydrogen-bond acceptors (Lipinski definition) is 3. The normalized spacial score (nSPS) is 18.2. The van der Waals surface area contributed by atoms with Crippen molar-refractivity contribution in [2.45, 2.75) is 32.0 Å². The van der Waals surface area contributed by atoms with Crippen molar-refractivity contribution in [1.82, 2.24) is 20.2 Å². The van der Waals surface area contributed by atoms with Crippen molar-refractivity contribution in [3.05, 3.63) is 17.7 Å². The molecule has 5 nitrogen and oxygen atoms in total. The highest BCUT2D eigenvalue weighted by molar-refractivity contribution is 5.92. The fourth-order valence-corrected chi connectivity index (χ4v) is 2.29. The number of imidazole rings is 1. The topological polar surface area (TPSA) is 61.0 Å². The van der Waals surface area contributed by atoms with E-state index in [-0.39, 0.29) is 11.9 Å². The van der Waals surface area contributed by atoms with Crippen molar-refractivity contribution in [2.24, 2.45) is 0 Å². The van der Waals surface area contributed by atoms with Gasteiger partial charge >= 0.3 is 6.18 Å². The van der Waals surface area contributed by atoms with Gasteiger partial charge in [0, 0.05) is 19.1 Å². The summed E-state index contributed by atoms with van der Waals surface area (Å²) in [6.07, 6.45) is -1.67. The maximum Gasteiger partial charge on any atom is 0.401 e. The molecule has 1 fully saturated rings. The first-order valence-electron chi connectivity index (χ1n) is 6.45. The number of nitrogens with one attached hydrogen (secondary N) is 2. The summed E-state index contributed by atoms with van der Waals surface area (Å²) in [6, 6.07) is -0.0874. The Morgan fingerprint density at radius 3 is 2.65 bits per heavy atom. The van der Waals surface area contributed by atoms with Gasteiger partial charge in [-0.2, -0.15) is 13.2 Å². The van der Waals surface area contributed by atoms with E-state index in [1.165, 1.54) is 11.1 Å². The molecule has 1 amide bonds. The highest BCUT2D eigenvalue weighted by atomic mass is 19.4. The van der Waals surface area contributed by atoms with Crippen LogP contribution in [0.4, 0.5) is 13.2 Å². The van der Waals surface area contributed by atoms with Crippen LogP contribution in [-0.2, 0) is 0 Å². The second-order valence-electron chi connectivity index (χ2n) is 5.02. The van der Waals surface area contributed by atoms with Crippen LogP contribution in [0.15, 0.2) is 6.20 Å². The van der Waals surface area contributed by atoms with Crippen LogP contribution in [-0.4, -0.2) is 52.6 Å². The molecule has 2 heterocycles. The van der Waals surface area contributed by atoms with Crippen LogP contribution in [0.2, 0.25) is 0 Å². The monoisotopic (exact) mass is 290 g/mol.